The minimum atomic E-state index is 0. The Labute approximate surface area is 181 Å². The molecule has 1 aliphatic heterocycles. The van der Waals surface area contributed by atoms with Crippen LogP contribution in [0.4, 0.5) is 5.82 Å². The second-order valence-electron chi connectivity index (χ2n) is 6.49. The molecule has 0 bridgehead atoms. The molecule has 2 N–H and O–H groups in total. The van der Waals surface area contributed by atoms with Crippen molar-refractivity contribution in [2.75, 3.05) is 64.4 Å². The normalized spacial score (nSPS) is 15.4. The monoisotopic (exact) mass is 490 g/mol. The number of hydrogen-bond acceptors (Lipinski definition) is 5. The summed E-state index contributed by atoms with van der Waals surface area (Å²) in [7, 11) is 2.17. The topological polar surface area (TPSA) is 65.0 Å². The minimum absolute atomic E-state index is 0. The van der Waals surface area contributed by atoms with Crippen molar-refractivity contribution in [2.24, 2.45) is 4.99 Å². The van der Waals surface area contributed by atoms with Crippen LogP contribution in [0.2, 0.25) is 0 Å². The Morgan fingerprint density at radius 1 is 1.22 bits per heavy atom. The predicted octanol–water partition coefficient (Wildman–Crippen LogP) is 1.93. The standard InChI is InChI=1S/C19H34N6O.HI/c1-4-20-19(22-8-6-14-26-5-2)23-16-17-7-9-21-18(15-17)25-12-10-24(3)11-13-25;/h7,9,15H,4-6,8,10-14,16H2,1-3H3,(H2,20,22,23);1H. The maximum absolute atomic E-state index is 5.37. The highest BCUT2D eigenvalue weighted by atomic mass is 127. The van der Waals surface area contributed by atoms with Crippen molar-refractivity contribution in [1.29, 1.82) is 0 Å². The Kier molecular flexibility index (Phi) is 12.4. The van der Waals surface area contributed by atoms with Crippen molar-refractivity contribution >= 4 is 35.8 Å². The van der Waals surface area contributed by atoms with Crippen LogP contribution in [0.1, 0.15) is 25.8 Å². The average Bonchev–Trinajstić information content (AvgIpc) is 2.66. The number of rotatable bonds is 9. The van der Waals surface area contributed by atoms with E-state index in [1.807, 2.05) is 19.2 Å². The zero-order chi connectivity index (χ0) is 18.6. The SMILES string of the molecule is CCNC(=NCc1ccnc(N2CCN(C)CC2)c1)NCCCOCC.I. The third-order valence-electron chi connectivity index (χ3n) is 4.36. The Balaban J connectivity index is 0.00000364. The molecule has 0 radical (unpaired) electrons. The molecule has 7 nitrogen and oxygen atoms in total. The van der Waals surface area contributed by atoms with Crippen molar-refractivity contribution < 1.29 is 4.74 Å². The van der Waals surface area contributed by atoms with Gasteiger partial charge >= 0.3 is 0 Å². The first-order valence-electron chi connectivity index (χ1n) is 9.71. The molecule has 154 valence electrons. The van der Waals surface area contributed by atoms with Crippen molar-refractivity contribution in [3.63, 3.8) is 0 Å². The largest absolute Gasteiger partial charge is 0.382 e. The zero-order valence-electron chi connectivity index (χ0n) is 16.9. The smallest absolute Gasteiger partial charge is 0.191 e. The van der Waals surface area contributed by atoms with Gasteiger partial charge in [-0.05, 0) is 45.0 Å². The van der Waals surface area contributed by atoms with Gasteiger partial charge in [0.15, 0.2) is 5.96 Å². The molecule has 1 fully saturated rings. The molecule has 0 aromatic carbocycles. The number of piperazine rings is 1. The summed E-state index contributed by atoms with van der Waals surface area (Å²) in [6, 6.07) is 4.20. The Morgan fingerprint density at radius 2 is 2.00 bits per heavy atom. The van der Waals surface area contributed by atoms with Gasteiger partial charge in [0.2, 0.25) is 0 Å². The van der Waals surface area contributed by atoms with Crippen molar-refractivity contribution in [2.45, 2.75) is 26.8 Å². The minimum Gasteiger partial charge on any atom is -0.382 e. The third kappa shape index (κ3) is 9.07. The van der Waals surface area contributed by atoms with Gasteiger partial charge in [-0.25, -0.2) is 9.98 Å². The first-order valence-corrected chi connectivity index (χ1v) is 9.71. The number of hydrogen-bond donors (Lipinski definition) is 2. The number of aromatic nitrogens is 1. The van der Waals surface area contributed by atoms with Gasteiger partial charge in [0, 0.05) is 58.7 Å². The molecule has 1 aliphatic rings. The maximum Gasteiger partial charge on any atom is 0.191 e. The Bertz CT molecular complexity index is 549. The molecule has 1 aromatic rings. The number of nitrogens with one attached hydrogen (secondary N) is 2. The molecule has 1 aromatic heterocycles. The first-order chi connectivity index (χ1) is 12.7. The molecule has 0 amide bonds. The molecule has 0 saturated carbocycles. The molecular formula is C19H35IN6O. The van der Waals surface area contributed by atoms with Gasteiger partial charge in [-0.3, -0.25) is 0 Å². The molecule has 2 heterocycles. The molecule has 8 heteroatoms. The van der Waals surface area contributed by atoms with E-state index >= 15 is 0 Å². The molecule has 0 spiro atoms. The van der Waals surface area contributed by atoms with Crippen LogP contribution in [-0.2, 0) is 11.3 Å². The van der Waals surface area contributed by atoms with Crippen LogP contribution < -0.4 is 15.5 Å². The number of halogens is 1. The number of ether oxygens (including phenoxy) is 1. The molecule has 0 aliphatic carbocycles. The Hall–Kier alpha value is -1.13. The molecule has 1 saturated heterocycles. The second-order valence-corrected chi connectivity index (χ2v) is 6.49. The lowest BCUT2D eigenvalue weighted by atomic mass is 10.2. The van der Waals surface area contributed by atoms with Crippen LogP contribution in [-0.4, -0.2) is 75.4 Å². The highest BCUT2D eigenvalue weighted by molar-refractivity contribution is 14.0. The van der Waals surface area contributed by atoms with Gasteiger partial charge in [-0.15, -0.1) is 24.0 Å². The fraction of sp³-hybridized carbons (Fsp3) is 0.684. The van der Waals surface area contributed by atoms with E-state index in [0.717, 1.165) is 70.7 Å². The highest BCUT2D eigenvalue weighted by Gasteiger charge is 2.15. The van der Waals surface area contributed by atoms with Gasteiger partial charge < -0.3 is 25.2 Å². The van der Waals surface area contributed by atoms with E-state index < -0.39 is 0 Å². The zero-order valence-corrected chi connectivity index (χ0v) is 19.2. The van der Waals surface area contributed by atoms with E-state index in [1.54, 1.807) is 0 Å². The summed E-state index contributed by atoms with van der Waals surface area (Å²) in [5, 5.41) is 6.65. The van der Waals surface area contributed by atoms with Crippen molar-refractivity contribution in [3.05, 3.63) is 23.9 Å². The van der Waals surface area contributed by atoms with E-state index in [4.69, 9.17) is 9.73 Å². The van der Waals surface area contributed by atoms with Crippen molar-refractivity contribution in [3.8, 4) is 0 Å². The van der Waals surface area contributed by atoms with Crippen LogP contribution >= 0.6 is 24.0 Å². The van der Waals surface area contributed by atoms with Crippen molar-refractivity contribution in [1.82, 2.24) is 20.5 Å². The third-order valence-corrected chi connectivity index (χ3v) is 4.36. The van der Waals surface area contributed by atoms with Gasteiger partial charge in [-0.2, -0.15) is 0 Å². The molecule has 2 rings (SSSR count). The van der Waals surface area contributed by atoms with Crippen LogP contribution in [0.3, 0.4) is 0 Å². The van der Waals surface area contributed by atoms with E-state index in [0.29, 0.717) is 6.54 Å². The Morgan fingerprint density at radius 3 is 2.70 bits per heavy atom. The quantitative estimate of drug-likeness (QED) is 0.239. The van der Waals surface area contributed by atoms with Crippen LogP contribution in [0.25, 0.3) is 0 Å². The summed E-state index contributed by atoms with van der Waals surface area (Å²) in [4.78, 5) is 13.9. The van der Waals surface area contributed by atoms with E-state index in [2.05, 4.69) is 45.5 Å². The number of nitrogens with zero attached hydrogens (tertiary/aromatic N) is 4. The highest BCUT2D eigenvalue weighted by Crippen LogP contribution is 2.15. The number of likely N-dealkylation sites (N-methyl/N-ethyl adjacent to an activating group) is 1. The number of guanidine groups is 1. The van der Waals surface area contributed by atoms with Crippen LogP contribution in [0.5, 0.6) is 0 Å². The van der Waals surface area contributed by atoms with Gasteiger partial charge in [0.05, 0.1) is 6.54 Å². The fourth-order valence-corrected chi connectivity index (χ4v) is 2.80. The fourth-order valence-electron chi connectivity index (χ4n) is 2.80. The maximum atomic E-state index is 5.37. The lowest BCUT2D eigenvalue weighted by molar-refractivity contribution is 0.145. The summed E-state index contributed by atoms with van der Waals surface area (Å²) in [5.74, 6) is 1.91. The lowest BCUT2D eigenvalue weighted by Gasteiger charge is -2.33. The molecular weight excluding hydrogens is 455 g/mol. The summed E-state index contributed by atoms with van der Waals surface area (Å²) in [6.07, 6.45) is 2.86. The van der Waals surface area contributed by atoms with E-state index in [9.17, 15) is 0 Å². The number of aliphatic imine (C=N–C) groups is 1. The summed E-state index contributed by atoms with van der Waals surface area (Å²) < 4.78 is 5.37. The second kappa shape index (κ2) is 14.0. The molecule has 27 heavy (non-hydrogen) atoms. The number of anilines is 1. The summed E-state index contributed by atoms with van der Waals surface area (Å²) in [6.45, 7) is 12.2. The van der Waals surface area contributed by atoms with Crippen LogP contribution in [0.15, 0.2) is 23.3 Å². The predicted molar refractivity (Wildman–Crippen MR) is 123 cm³/mol. The lowest BCUT2D eigenvalue weighted by Crippen LogP contribution is -2.44. The van der Waals surface area contributed by atoms with Gasteiger partial charge in [0.1, 0.15) is 5.82 Å². The van der Waals surface area contributed by atoms with E-state index in [1.165, 1.54) is 5.56 Å². The summed E-state index contributed by atoms with van der Waals surface area (Å²) >= 11 is 0. The summed E-state index contributed by atoms with van der Waals surface area (Å²) in [5.41, 5.74) is 1.18. The van der Waals surface area contributed by atoms with E-state index in [-0.39, 0.29) is 24.0 Å². The average molecular weight is 490 g/mol. The first kappa shape index (κ1) is 23.9. The molecule has 0 unspecified atom stereocenters. The van der Waals surface area contributed by atoms with Gasteiger partial charge in [-0.1, -0.05) is 0 Å². The van der Waals surface area contributed by atoms with Crippen LogP contribution in [0, 0.1) is 0 Å². The number of pyridine rings is 1. The van der Waals surface area contributed by atoms with Gasteiger partial charge in [0.25, 0.3) is 0 Å². The molecule has 0 atom stereocenters.